The van der Waals surface area contributed by atoms with Crippen LogP contribution in [0.15, 0.2) is 24.3 Å². The first-order valence-electron chi connectivity index (χ1n) is 18.7. The molecule has 0 spiro atoms. The molecule has 0 radical (unpaired) electrons. The van der Waals surface area contributed by atoms with Gasteiger partial charge < -0.3 is 4.89 Å². The van der Waals surface area contributed by atoms with Crippen LogP contribution in [-0.2, 0) is 18.7 Å². The highest BCUT2D eigenvalue weighted by Crippen LogP contribution is 2.21. The summed E-state index contributed by atoms with van der Waals surface area (Å²) in [6.45, 7) is 4.50. The predicted octanol–water partition coefficient (Wildman–Crippen LogP) is 12.0. The molecule has 0 aliphatic heterocycles. The Balaban J connectivity index is 3.83. The summed E-state index contributed by atoms with van der Waals surface area (Å²) in [5.74, 6) is -0.345. The van der Waals surface area contributed by atoms with Crippen molar-refractivity contribution in [1.82, 2.24) is 0 Å². The molecular weight excluding hydrogens is 567 g/mol. The molecule has 0 fully saturated rings. The van der Waals surface area contributed by atoms with Gasteiger partial charge in [0.2, 0.25) is 0 Å². The number of hydrogen-bond donors (Lipinski definition) is 0. The first-order chi connectivity index (χ1) is 21.5. The number of rotatable bonds is 35. The van der Waals surface area contributed by atoms with E-state index in [4.69, 9.17) is 4.52 Å². The lowest BCUT2D eigenvalue weighted by Crippen LogP contribution is -2.26. The van der Waals surface area contributed by atoms with Crippen LogP contribution in [-0.4, -0.2) is 17.7 Å². The van der Waals surface area contributed by atoms with Gasteiger partial charge >= 0.3 is 8.25 Å². The van der Waals surface area contributed by atoms with Crippen molar-refractivity contribution in [3.63, 3.8) is 0 Å². The van der Waals surface area contributed by atoms with Gasteiger partial charge in [-0.25, -0.2) is 0 Å². The molecular formula is C38H69O5P. The van der Waals surface area contributed by atoms with Crippen molar-refractivity contribution >= 4 is 19.8 Å². The van der Waals surface area contributed by atoms with Gasteiger partial charge in [0, 0.05) is 19.3 Å². The predicted molar refractivity (Wildman–Crippen MR) is 186 cm³/mol. The molecule has 6 heteroatoms. The fourth-order valence-corrected chi connectivity index (χ4v) is 5.95. The van der Waals surface area contributed by atoms with E-state index in [1.165, 1.54) is 96.3 Å². The summed E-state index contributed by atoms with van der Waals surface area (Å²) in [6, 6.07) is 0. The fourth-order valence-electron chi connectivity index (χ4n) is 5.55. The van der Waals surface area contributed by atoms with E-state index in [9.17, 15) is 19.0 Å². The topological polar surface area (TPSA) is 83.5 Å². The molecule has 5 nitrogen and oxygen atoms in total. The monoisotopic (exact) mass is 636 g/mol. The standard InChI is InChI=1S/C38H69O5P/c1-3-5-7-9-11-13-15-17-19-21-23-25-27-29-31-33-36(39)35-38(43-44(41)42)37(40)34-32-30-28-26-24-22-20-18-16-14-12-10-8-6-4-2/h17-20,38H,3-16,21-35H2,1-2H3/b19-17-,20-18-. The van der Waals surface area contributed by atoms with E-state index in [-0.39, 0.29) is 24.4 Å². The number of ketones is 2. The molecule has 0 aliphatic rings. The second-order valence-corrected chi connectivity index (χ2v) is 13.4. The number of unbranched alkanes of at least 4 members (excludes halogenated alkanes) is 22. The molecule has 44 heavy (non-hydrogen) atoms. The number of carbonyl (C=O) groups is 2. The van der Waals surface area contributed by atoms with Gasteiger partial charge in [-0.3, -0.25) is 9.59 Å². The Morgan fingerprint density at radius 2 is 0.886 bits per heavy atom. The lowest BCUT2D eigenvalue weighted by molar-refractivity contribution is -0.190. The van der Waals surface area contributed by atoms with Gasteiger partial charge in [0.05, 0.1) is 0 Å². The molecule has 0 aromatic carbocycles. The van der Waals surface area contributed by atoms with Gasteiger partial charge in [0.25, 0.3) is 0 Å². The average Bonchev–Trinajstić information content (AvgIpc) is 3.00. The van der Waals surface area contributed by atoms with Crippen LogP contribution in [0.2, 0.25) is 0 Å². The maximum atomic E-state index is 12.6. The fraction of sp³-hybridized carbons (Fsp3) is 0.842. The Kier molecular flexibility index (Phi) is 33.8. The van der Waals surface area contributed by atoms with Crippen LogP contribution in [0.25, 0.3) is 0 Å². The van der Waals surface area contributed by atoms with Gasteiger partial charge in [-0.15, -0.1) is 4.52 Å². The Morgan fingerprint density at radius 3 is 1.27 bits per heavy atom. The van der Waals surface area contributed by atoms with E-state index in [1.807, 2.05) is 0 Å². The van der Waals surface area contributed by atoms with Crippen LogP contribution in [0.5, 0.6) is 0 Å². The molecule has 0 aromatic rings. The number of hydrogen-bond acceptors (Lipinski definition) is 5. The highest BCUT2D eigenvalue weighted by atomic mass is 31.1. The van der Waals surface area contributed by atoms with E-state index < -0.39 is 14.4 Å². The van der Waals surface area contributed by atoms with E-state index >= 15 is 0 Å². The van der Waals surface area contributed by atoms with E-state index in [0.717, 1.165) is 64.2 Å². The Labute approximate surface area is 273 Å². The maximum absolute atomic E-state index is 12.6. The molecule has 2 unspecified atom stereocenters. The minimum Gasteiger partial charge on any atom is -0.566 e. The van der Waals surface area contributed by atoms with Crippen molar-refractivity contribution < 1.29 is 23.6 Å². The minimum absolute atomic E-state index is 0.0811. The molecule has 0 amide bonds. The van der Waals surface area contributed by atoms with Crippen molar-refractivity contribution in [3.05, 3.63) is 24.3 Å². The Hall–Kier alpha value is -1.16. The van der Waals surface area contributed by atoms with Crippen LogP contribution >= 0.6 is 8.25 Å². The third-order valence-electron chi connectivity index (χ3n) is 8.39. The van der Waals surface area contributed by atoms with Crippen LogP contribution in [0.4, 0.5) is 0 Å². The second kappa shape index (κ2) is 34.7. The number of Topliss-reactive ketones (excluding diaryl/α,β-unsaturated/α-hetero) is 2. The largest absolute Gasteiger partial charge is 0.566 e. The van der Waals surface area contributed by atoms with Gasteiger partial charge in [0.15, 0.2) is 11.9 Å². The molecule has 2 atom stereocenters. The van der Waals surface area contributed by atoms with Gasteiger partial charge in [0.1, 0.15) is 5.78 Å². The molecule has 0 N–H and O–H groups in total. The van der Waals surface area contributed by atoms with Crippen LogP contribution in [0.1, 0.15) is 200 Å². The third-order valence-corrected chi connectivity index (χ3v) is 8.81. The minimum atomic E-state index is -3.16. The summed E-state index contributed by atoms with van der Waals surface area (Å²) in [6.07, 6.45) is 39.5. The third kappa shape index (κ3) is 32.2. The highest BCUT2D eigenvalue weighted by Gasteiger charge is 2.27. The van der Waals surface area contributed by atoms with E-state index in [0.29, 0.717) is 12.8 Å². The van der Waals surface area contributed by atoms with Crippen molar-refractivity contribution in [2.24, 2.45) is 0 Å². The zero-order valence-corrected chi connectivity index (χ0v) is 29.8. The average molecular weight is 637 g/mol. The quantitative estimate of drug-likeness (QED) is 0.0392. The lowest BCUT2D eigenvalue weighted by Gasteiger charge is -2.10. The van der Waals surface area contributed by atoms with Crippen molar-refractivity contribution in [1.29, 1.82) is 0 Å². The molecule has 0 saturated heterocycles. The number of carbonyl (C=O) groups excluding carboxylic acids is 2. The molecule has 0 rings (SSSR count). The smallest absolute Gasteiger partial charge is 0.489 e. The summed E-state index contributed by atoms with van der Waals surface area (Å²) in [5, 5.41) is 0. The molecule has 256 valence electrons. The first-order valence-corrected chi connectivity index (χ1v) is 19.8. The summed E-state index contributed by atoms with van der Waals surface area (Å²) >= 11 is 0. The molecule has 0 bridgehead atoms. The van der Waals surface area contributed by atoms with Crippen LogP contribution < -0.4 is 4.89 Å². The van der Waals surface area contributed by atoms with Crippen molar-refractivity contribution in [2.75, 3.05) is 0 Å². The summed E-state index contributed by atoms with van der Waals surface area (Å²) in [5.41, 5.74) is 0. The second-order valence-electron chi connectivity index (χ2n) is 12.7. The molecule has 0 saturated carbocycles. The zero-order valence-electron chi connectivity index (χ0n) is 28.9. The summed E-state index contributed by atoms with van der Waals surface area (Å²) in [7, 11) is -3.16. The highest BCUT2D eigenvalue weighted by molar-refractivity contribution is 7.30. The van der Waals surface area contributed by atoms with Crippen molar-refractivity contribution in [3.8, 4) is 0 Å². The normalized spacial score (nSPS) is 12.8. The Bertz CT molecular complexity index is 733. The maximum Gasteiger partial charge on any atom is 0.489 e. The van der Waals surface area contributed by atoms with Gasteiger partial charge in [-0.05, 0) is 68.8 Å². The lowest BCUT2D eigenvalue weighted by atomic mass is 10.00. The summed E-state index contributed by atoms with van der Waals surface area (Å²) in [4.78, 5) is 36.2. The van der Waals surface area contributed by atoms with Crippen LogP contribution in [0, 0.1) is 0 Å². The molecule has 0 aromatic heterocycles. The molecule has 0 aliphatic carbocycles. The van der Waals surface area contributed by atoms with E-state index in [1.54, 1.807) is 0 Å². The number of allylic oxidation sites excluding steroid dienone is 4. The SMILES string of the molecule is CCCCCCCC/C=C\CCCCCCCC(=O)CC(O[P+](=O)[O-])C(=O)CCCCCCC/C=C\CCCCCCCC. The first kappa shape index (κ1) is 42.8. The van der Waals surface area contributed by atoms with Gasteiger partial charge in [-0.2, -0.15) is 0 Å². The summed E-state index contributed by atoms with van der Waals surface area (Å²) < 4.78 is 16.0. The van der Waals surface area contributed by atoms with Gasteiger partial charge in [-0.1, -0.05) is 141 Å². The zero-order chi connectivity index (χ0) is 32.4. The Morgan fingerprint density at radius 1 is 0.545 bits per heavy atom. The van der Waals surface area contributed by atoms with Crippen molar-refractivity contribution in [2.45, 2.75) is 206 Å². The van der Waals surface area contributed by atoms with E-state index in [2.05, 4.69) is 38.2 Å². The molecule has 0 heterocycles. The van der Waals surface area contributed by atoms with Crippen LogP contribution in [0.3, 0.4) is 0 Å².